The number of carbonyl (C=O) groups is 1. The van der Waals surface area contributed by atoms with Crippen LogP contribution >= 0.6 is 11.6 Å². The Balaban J connectivity index is 1.79. The number of hydrogen-bond acceptors (Lipinski definition) is 4. The molecule has 0 saturated carbocycles. The van der Waals surface area contributed by atoms with Crippen LogP contribution in [0.1, 0.15) is 67.8 Å². The van der Waals surface area contributed by atoms with E-state index >= 15 is 0 Å². The Hall–Kier alpha value is -2.60. The van der Waals surface area contributed by atoms with Gasteiger partial charge in [-0.1, -0.05) is 57.0 Å². The van der Waals surface area contributed by atoms with E-state index in [2.05, 4.69) is 17.5 Å². The summed E-state index contributed by atoms with van der Waals surface area (Å²) in [5.74, 6) is 0.137. The first-order valence-corrected chi connectivity index (χ1v) is 10.8. The Morgan fingerprint density at radius 1 is 1.17 bits per heavy atom. The highest BCUT2D eigenvalue weighted by atomic mass is 35.5. The molecule has 1 amide bonds. The minimum Gasteiger partial charge on any atom is -0.494 e. The van der Waals surface area contributed by atoms with Gasteiger partial charge in [0.1, 0.15) is 11.3 Å². The zero-order valence-corrected chi connectivity index (χ0v) is 18.5. The number of benzene rings is 1. The van der Waals surface area contributed by atoms with Crippen LogP contribution in [0.4, 0.5) is 0 Å². The molecule has 1 heterocycles. The summed E-state index contributed by atoms with van der Waals surface area (Å²) in [5, 5.41) is 4.37. The van der Waals surface area contributed by atoms with E-state index < -0.39 is 5.91 Å². The van der Waals surface area contributed by atoms with E-state index in [1.165, 1.54) is 55.4 Å². The highest BCUT2D eigenvalue weighted by Gasteiger charge is 2.10. The third-order valence-electron chi connectivity index (χ3n) is 4.73. The number of rotatable bonds is 12. The van der Waals surface area contributed by atoms with Crippen molar-refractivity contribution in [3.63, 3.8) is 0 Å². The third kappa shape index (κ3) is 7.67. The molecule has 2 aromatic rings. The Bertz CT molecular complexity index is 909. The maximum Gasteiger partial charge on any atom is 0.276 e. The lowest BCUT2D eigenvalue weighted by molar-refractivity contribution is 0.0953. The molecule has 30 heavy (non-hydrogen) atoms. The first-order chi connectivity index (χ1) is 14.5. The summed E-state index contributed by atoms with van der Waals surface area (Å²) < 4.78 is 7.09. The number of nitrogens with zero attached hydrogens (tertiary/aromatic N) is 2. The Labute approximate surface area is 182 Å². The molecule has 0 atom stereocenters. The summed E-state index contributed by atoms with van der Waals surface area (Å²) in [6.45, 7) is 2.89. The normalized spacial score (nSPS) is 11.0. The molecule has 1 aromatic heterocycles. The predicted molar refractivity (Wildman–Crippen MR) is 122 cm³/mol. The van der Waals surface area contributed by atoms with E-state index in [1.54, 1.807) is 31.4 Å². The zero-order valence-electron chi connectivity index (χ0n) is 17.7. The molecule has 0 aliphatic rings. The molecule has 0 radical (unpaired) electrons. The van der Waals surface area contributed by atoms with Crippen molar-refractivity contribution < 1.29 is 9.53 Å². The second-order valence-corrected chi connectivity index (χ2v) is 7.60. The summed E-state index contributed by atoms with van der Waals surface area (Å²) >= 11 is 6.28. The number of amides is 1. The van der Waals surface area contributed by atoms with E-state index in [4.69, 9.17) is 16.3 Å². The second-order valence-electron chi connectivity index (χ2n) is 7.19. The van der Waals surface area contributed by atoms with Crippen LogP contribution in [0.15, 0.2) is 46.4 Å². The molecule has 0 spiro atoms. The van der Waals surface area contributed by atoms with Crippen LogP contribution in [0.25, 0.3) is 0 Å². The van der Waals surface area contributed by atoms with Gasteiger partial charge in [0.2, 0.25) is 0 Å². The molecule has 1 aromatic carbocycles. The van der Waals surface area contributed by atoms with Crippen molar-refractivity contribution in [1.29, 1.82) is 0 Å². The van der Waals surface area contributed by atoms with Gasteiger partial charge in [0.05, 0.1) is 17.8 Å². The van der Waals surface area contributed by atoms with E-state index in [0.717, 1.165) is 6.42 Å². The maximum absolute atomic E-state index is 12.1. The molecule has 0 unspecified atom stereocenters. The highest BCUT2D eigenvalue weighted by Crippen LogP contribution is 2.21. The van der Waals surface area contributed by atoms with Crippen LogP contribution < -0.4 is 15.7 Å². The van der Waals surface area contributed by atoms with Gasteiger partial charge in [-0.2, -0.15) is 5.10 Å². The number of pyridine rings is 1. The van der Waals surface area contributed by atoms with Gasteiger partial charge < -0.3 is 9.30 Å². The van der Waals surface area contributed by atoms with Crippen molar-refractivity contribution >= 4 is 23.7 Å². The van der Waals surface area contributed by atoms with Gasteiger partial charge >= 0.3 is 0 Å². The molecular weight excluding hydrogens is 402 g/mol. The van der Waals surface area contributed by atoms with Gasteiger partial charge in [0, 0.05) is 18.8 Å². The number of aryl methyl sites for hydroxylation is 1. The van der Waals surface area contributed by atoms with Gasteiger partial charge in [-0.3, -0.25) is 9.59 Å². The molecule has 1 N–H and O–H groups in total. The van der Waals surface area contributed by atoms with Gasteiger partial charge in [0.25, 0.3) is 11.5 Å². The molecule has 6 nitrogen and oxygen atoms in total. The molecule has 2 rings (SSSR count). The number of aromatic nitrogens is 1. The number of nitrogens with one attached hydrogen (secondary N) is 1. The van der Waals surface area contributed by atoms with Crippen molar-refractivity contribution in [3.8, 4) is 5.75 Å². The SMILES string of the molecule is CCCCCCCCCOc1ccc(/C=N\NC(=O)c2cccn(C)c2=O)c(Cl)c1. The lowest BCUT2D eigenvalue weighted by Gasteiger charge is -2.08. The topological polar surface area (TPSA) is 72.7 Å². The second kappa shape index (κ2) is 12.9. The standard InChI is InChI=1S/C23H30ClN3O3/c1-3-4-5-6-7-8-9-15-30-19-13-12-18(21(24)16-19)17-25-26-22(28)20-11-10-14-27(2)23(20)29/h10-14,16-17H,3-9,15H2,1-2H3,(H,26,28)/b25-17-. The minimum absolute atomic E-state index is 0.0253. The largest absolute Gasteiger partial charge is 0.494 e. The van der Waals surface area contributed by atoms with Crippen molar-refractivity contribution in [2.24, 2.45) is 12.1 Å². The molecule has 162 valence electrons. The fraction of sp³-hybridized carbons (Fsp3) is 0.435. The van der Waals surface area contributed by atoms with Crippen LogP contribution in [0, 0.1) is 0 Å². The van der Waals surface area contributed by atoms with Gasteiger partial charge in [0.15, 0.2) is 0 Å². The zero-order chi connectivity index (χ0) is 21.8. The molecule has 0 bridgehead atoms. The number of hydrazone groups is 1. The third-order valence-corrected chi connectivity index (χ3v) is 5.05. The summed E-state index contributed by atoms with van der Waals surface area (Å²) in [6.07, 6.45) is 11.7. The summed E-state index contributed by atoms with van der Waals surface area (Å²) in [5.41, 5.74) is 2.63. The predicted octanol–water partition coefficient (Wildman–Crippen LogP) is 4.93. The van der Waals surface area contributed by atoms with Crippen LogP contribution in [0.3, 0.4) is 0 Å². The van der Waals surface area contributed by atoms with Crippen LogP contribution in [-0.2, 0) is 7.05 Å². The molecule has 0 fully saturated rings. The fourth-order valence-electron chi connectivity index (χ4n) is 2.94. The van der Waals surface area contributed by atoms with E-state index in [1.807, 2.05) is 6.07 Å². The quantitative estimate of drug-likeness (QED) is 0.294. The molecule has 0 aliphatic carbocycles. The molecule has 7 heteroatoms. The molecular formula is C23H30ClN3O3. The Kier molecular flexibility index (Phi) is 10.1. The summed E-state index contributed by atoms with van der Waals surface area (Å²) in [7, 11) is 1.58. The molecule has 0 saturated heterocycles. The van der Waals surface area contributed by atoms with Crippen molar-refractivity contribution in [2.45, 2.75) is 51.9 Å². The number of hydrogen-bond donors (Lipinski definition) is 1. The number of unbranched alkanes of at least 4 members (excludes halogenated alkanes) is 6. The van der Waals surface area contributed by atoms with E-state index in [-0.39, 0.29) is 11.1 Å². The van der Waals surface area contributed by atoms with Crippen LogP contribution in [0.5, 0.6) is 5.75 Å². The van der Waals surface area contributed by atoms with Gasteiger partial charge in [-0.15, -0.1) is 0 Å². The van der Waals surface area contributed by atoms with Crippen LogP contribution in [-0.4, -0.2) is 23.3 Å². The first kappa shape index (κ1) is 23.7. The number of ether oxygens (including phenoxy) is 1. The summed E-state index contributed by atoms with van der Waals surface area (Å²) in [4.78, 5) is 24.0. The van der Waals surface area contributed by atoms with Gasteiger partial charge in [-0.05, 0) is 36.8 Å². The monoisotopic (exact) mass is 431 g/mol. The average Bonchev–Trinajstić information content (AvgIpc) is 2.73. The maximum atomic E-state index is 12.1. The van der Waals surface area contributed by atoms with E-state index in [0.29, 0.717) is 22.9 Å². The molecule has 0 aliphatic heterocycles. The first-order valence-electron chi connectivity index (χ1n) is 10.4. The number of carbonyl (C=O) groups excluding carboxylic acids is 1. The van der Waals surface area contributed by atoms with Crippen molar-refractivity contribution in [1.82, 2.24) is 9.99 Å². The Morgan fingerprint density at radius 2 is 1.90 bits per heavy atom. The fourth-order valence-corrected chi connectivity index (χ4v) is 3.16. The van der Waals surface area contributed by atoms with Crippen LogP contribution in [0.2, 0.25) is 5.02 Å². The van der Waals surface area contributed by atoms with Crippen molar-refractivity contribution in [3.05, 3.63) is 63.0 Å². The minimum atomic E-state index is -0.571. The summed E-state index contributed by atoms with van der Waals surface area (Å²) in [6, 6.07) is 8.42. The average molecular weight is 432 g/mol. The van der Waals surface area contributed by atoms with Crippen molar-refractivity contribution in [2.75, 3.05) is 6.61 Å². The number of halogens is 1. The lowest BCUT2D eigenvalue weighted by Crippen LogP contribution is -2.29. The highest BCUT2D eigenvalue weighted by molar-refractivity contribution is 6.33. The Morgan fingerprint density at radius 3 is 2.63 bits per heavy atom. The van der Waals surface area contributed by atoms with Gasteiger partial charge in [-0.25, -0.2) is 5.43 Å². The lowest BCUT2D eigenvalue weighted by atomic mass is 10.1. The smallest absolute Gasteiger partial charge is 0.276 e. The van der Waals surface area contributed by atoms with E-state index in [9.17, 15) is 9.59 Å².